The zero-order chi connectivity index (χ0) is 21.2. The Morgan fingerprint density at radius 3 is 2.62 bits per heavy atom. The van der Waals surface area contributed by atoms with Crippen LogP contribution in [0.2, 0.25) is 5.02 Å². The number of benzene rings is 1. The standard InChI is InChI=1S/C20H27ClN2O5S/c1-3-20(9-11-28-12-10-20)29(26,27)18-14(21)7-8-16(17(18)24)23-19(25)22-15-6-4-5-13(15)2/h5,7-8,15,24H,3-4,6,9-12H2,1-2H3,(H2,22,23,25). The highest BCUT2D eigenvalue weighted by molar-refractivity contribution is 7.93. The van der Waals surface area contributed by atoms with E-state index in [1.807, 2.05) is 6.92 Å². The fraction of sp³-hybridized carbons (Fsp3) is 0.550. The van der Waals surface area contributed by atoms with E-state index in [2.05, 4.69) is 16.7 Å². The van der Waals surface area contributed by atoms with Crippen molar-refractivity contribution in [1.29, 1.82) is 0 Å². The van der Waals surface area contributed by atoms with Crippen LogP contribution >= 0.6 is 11.6 Å². The summed E-state index contributed by atoms with van der Waals surface area (Å²) >= 11 is 6.21. The lowest BCUT2D eigenvalue weighted by Gasteiger charge is -2.36. The quantitative estimate of drug-likeness (QED) is 0.472. The Balaban J connectivity index is 1.90. The van der Waals surface area contributed by atoms with Gasteiger partial charge in [0.15, 0.2) is 15.6 Å². The lowest BCUT2D eigenvalue weighted by atomic mass is 9.96. The average molecular weight is 443 g/mol. The molecule has 1 aromatic carbocycles. The number of nitrogens with one attached hydrogen (secondary N) is 2. The van der Waals surface area contributed by atoms with Crippen LogP contribution < -0.4 is 10.6 Å². The van der Waals surface area contributed by atoms with Crippen molar-refractivity contribution in [2.24, 2.45) is 0 Å². The topological polar surface area (TPSA) is 105 Å². The fourth-order valence-electron chi connectivity index (χ4n) is 4.03. The van der Waals surface area contributed by atoms with Gasteiger partial charge < -0.3 is 20.5 Å². The number of halogens is 1. The zero-order valence-corrected chi connectivity index (χ0v) is 18.2. The second-order valence-corrected chi connectivity index (χ2v) is 10.3. The van der Waals surface area contributed by atoms with Crippen LogP contribution in [0.4, 0.5) is 10.5 Å². The number of rotatable bonds is 5. The minimum atomic E-state index is -3.97. The van der Waals surface area contributed by atoms with E-state index in [0.29, 0.717) is 32.5 Å². The zero-order valence-electron chi connectivity index (χ0n) is 16.6. The second kappa shape index (κ2) is 8.53. The Hall–Kier alpha value is -1.77. The molecule has 3 N–H and O–H groups in total. The molecule has 3 rings (SSSR count). The number of carbonyl (C=O) groups is 1. The first kappa shape index (κ1) is 21.9. The lowest BCUT2D eigenvalue weighted by Crippen LogP contribution is -2.43. The summed E-state index contributed by atoms with van der Waals surface area (Å²) in [5, 5.41) is 16.1. The molecule has 1 saturated heterocycles. The first-order valence-corrected chi connectivity index (χ1v) is 11.7. The van der Waals surface area contributed by atoms with E-state index in [-0.39, 0.29) is 21.6 Å². The fourth-order valence-corrected chi connectivity index (χ4v) is 6.69. The SMILES string of the molecule is CCC1(S(=O)(=O)c2c(Cl)ccc(NC(=O)NC3CCC=C3C)c2O)CCOCC1. The number of carbonyl (C=O) groups excluding carboxylic acids is 1. The van der Waals surface area contributed by atoms with Gasteiger partial charge in [-0.15, -0.1) is 0 Å². The molecule has 1 heterocycles. The summed E-state index contributed by atoms with van der Waals surface area (Å²) < 4.78 is 31.3. The third-order valence-corrected chi connectivity index (χ3v) is 9.21. The summed E-state index contributed by atoms with van der Waals surface area (Å²) in [5.74, 6) is -0.536. The molecule has 1 unspecified atom stereocenters. The molecule has 2 aliphatic rings. The summed E-state index contributed by atoms with van der Waals surface area (Å²) in [6.07, 6.45) is 4.80. The van der Waals surface area contributed by atoms with E-state index >= 15 is 0 Å². The molecule has 0 spiro atoms. The van der Waals surface area contributed by atoms with Gasteiger partial charge in [-0.1, -0.05) is 30.2 Å². The van der Waals surface area contributed by atoms with Gasteiger partial charge in [-0.05, 0) is 51.2 Å². The molecular weight excluding hydrogens is 416 g/mol. The molecule has 29 heavy (non-hydrogen) atoms. The smallest absolute Gasteiger partial charge is 0.319 e. The molecule has 1 atom stereocenters. The van der Waals surface area contributed by atoms with Crippen LogP contribution in [0.1, 0.15) is 46.0 Å². The van der Waals surface area contributed by atoms with Crippen molar-refractivity contribution in [2.45, 2.75) is 61.6 Å². The molecule has 160 valence electrons. The number of sulfone groups is 1. The number of phenols is 1. The van der Waals surface area contributed by atoms with Crippen LogP contribution in [0.5, 0.6) is 5.75 Å². The maximum atomic E-state index is 13.5. The first-order chi connectivity index (χ1) is 13.7. The van der Waals surface area contributed by atoms with Gasteiger partial charge in [0, 0.05) is 13.2 Å². The highest BCUT2D eigenvalue weighted by atomic mass is 35.5. The number of amides is 2. The van der Waals surface area contributed by atoms with E-state index in [0.717, 1.165) is 18.4 Å². The number of anilines is 1. The number of hydrogen-bond acceptors (Lipinski definition) is 5. The number of ether oxygens (including phenoxy) is 1. The Labute approximate surface area is 176 Å². The molecule has 7 nitrogen and oxygen atoms in total. The van der Waals surface area contributed by atoms with Crippen molar-refractivity contribution in [3.8, 4) is 5.75 Å². The van der Waals surface area contributed by atoms with Crippen LogP contribution in [0.25, 0.3) is 0 Å². The summed E-state index contributed by atoms with van der Waals surface area (Å²) in [7, 11) is -3.97. The number of aromatic hydroxyl groups is 1. The molecule has 1 aromatic rings. The van der Waals surface area contributed by atoms with Crippen LogP contribution in [0, 0.1) is 0 Å². The summed E-state index contributed by atoms with van der Waals surface area (Å²) in [4.78, 5) is 12.0. The highest BCUT2D eigenvalue weighted by Gasteiger charge is 2.46. The van der Waals surface area contributed by atoms with Crippen LogP contribution in [0.3, 0.4) is 0 Å². The Kier molecular flexibility index (Phi) is 6.45. The van der Waals surface area contributed by atoms with Crippen molar-refractivity contribution < 1.29 is 23.1 Å². The van der Waals surface area contributed by atoms with Gasteiger partial charge >= 0.3 is 6.03 Å². The maximum Gasteiger partial charge on any atom is 0.319 e. The molecule has 0 bridgehead atoms. The van der Waals surface area contributed by atoms with Crippen molar-refractivity contribution in [3.63, 3.8) is 0 Å². The van der Waals surface area contributed by atoms with Crippen molar-refractivity contribution in [2.75, 3.05) is 18.5 Å². The predicted octanol–water partition coefficient (Wildman–Crippen LogP) is 4.01. The predicted molar refractivity (Wildman–Crippen MR) is 112 cm³/mol. The van der Waals surface area contributed by atoms with E-state index in [1.54, 1.807) is 6.92 Å². The largest absolute Gasteiger partial charge is 0.504 e. The molecule has 1 fully saturated rings. The normalized spacial score (nSPS) is 21.5. The highest BCUT2D eigenvalue weighted by Crippen LogP contribution is 2.45. The minimum Gasteiger partial charge on any atom is -0.504 e. The van der Waals surface area contributed by atoms with Gasteiger partial charge in [-0.3, -0.25) is 0 Å². The van der Waals surface area contributed by atoms with Crippen LogP contribution in [-0.2, 0) is 14.6 Å². The molecule has 9 heteroatoms. The van der Waals surface area contributed by atoms with E-state index in [9.17, 15) is 18.3 Å². The van der Waals surface area contributed by atoms with Crippen LogP contribution in [-0.4, -0.2) is 43.6 Å². The Morgan fingerprint density at radius 1 is 1.34 bits per heavy atom. The third kappa shape index (κ3) is 4.11. The second-order valence-electron chi connectivity index (χ2n) is 7.60. The molecule has 0 aromatic heterocycles. The Bertz CT molecular complexity index is 923. The number of allylic oxidation sites excluding steroid dienone is 1. The number of hydrogen-bond donors (Lipinski definition) is 3. The van der Waals surface area contributed by atoms with Gasteiger partial charge in [0.1, 0.15) is 4.90 Å². The van der Waals surface area contributed by atoms with Crippen LogP contribution in [0.15, 0.2) is 28.7 Å². The summed E-state index contributed by atoms with van der Waals surface area (Å²) in [6.45, 7) is 4.42. The van der Waals surface area contributed by atoms with Crippen molar-refractivity contribution in [1.82, 2.24) is 5.32 Å². The van der Waals surface area contributed by atoms with E-state index in [1.165, 1.54) is 12.1 Å². The van der Waals surface area contributed by atoms with E-state index in [4.69, 9.17) is 16.3 Å². The number of phenolic OH excluding ortho intramolecular Hbond substituents is 1. The minimum absolute atomic E-state index is 0.00316. The summed E-state index contributed by atoms with van der Waals surface area (Å²) in [6, 6.07) is 2.20. The van der Waals surface area contributed by atoms with Gasteiger partial charge in [0.25, 0.3) is 0 Å². The Morgan fingerprint density at radius 2 is 2.03 bits per heavy atom. The van der Waals surface area contributed by atoms with Crippen molar-refractivity contribution in [3.05, 3.63) is 28.8 Å². The van der Waals surface area contributed by atoms with Gasteiger partial charge in [-0.2, -0.15) is 0 Å². The first-order valence-electron chi connectivity index (χ1n) is 9.80. The monoisotopic (exact) mass is 442 g/mol. The molecule has 2 amide bonds. The average Bonchev–Trinajstić information content (AvgIpc) is 3.09. The maximum absolute atomic E-state index is 13.5. The molecular formula is C20H27ClN2O5S. The van der Waals surface area contributed by atoms with Gasteiger partial charge in [-0.25, -0.2) is 13.2 Å². The van der Waals surface area contributed by atoms with Gasteiger partial charge in [0.2, 0.25) is 0 Å². The molecule has 0 radical (unpaired) electrons. The van der Waals surface area contributed by atoms with Gasteiger partial charge in [0.05, 0.1) is 21.5 Å². The molecule has 1 aliphatic heterocycles. The lowest BCUT2D eigenvalue weighted by molar-refractivity contribution is 0.0735. The van der Waals surface area contributed by atoms with E-state index < -0.39 is 26.4 Å². The molecule has 1 aliphatic carbocycles. The molecule has 0 saturated carbocycles. The third-order valence-electron chi connectivity index (χ3n) is 6.00. The summed E-state index contributed by atoms with van der Waals surface area (Å²) in [5.41, 5.74) is 1.08. The van der Waals surface area contributed by atoms with Crippen molar-refractivity contribution >= 4 is 33.2 Å². The number of urea groups is 1.